The maximum Gasteiger partial charge on any atom is 0.219 e. The Balaban J connectivity index is 4.29. The Bertz CT molecular complexity index is 161. The molecule has 0 spiro atoms. The van der Waals surface area contributed by atoms with E-state index in [-0.39, 0.29) is 6.04 Å². The fourth-order valence-electron chi connectivity index (χ4n) is 0.940. The number of halogens is 1. The quantitative estimate of drug-likeness (QED) is 0.730. The number of hydrogen-bond donors (Lipinski definition) is 1. The van der Waals surface area contributed by atoms with Gasteiger partial charge in [-0.2, -0.15) is 0 Å². The van der Waals surface area contributed by atoms with E-state index in [1.54, 1.807) is 4.67 Å². The second-order valence-corrected chi connectivity index (χ2v) is 7.49. The van der Waals surface area contributed by atoms with Crippen LogP contribution in [0.5, 0.6) is 0 Å². The van der Waals surface area contributed by atoms with Crippen LogP contribution < -0.4 is 0 Å². The highest BCUT2D eigenvalue weighted by Gasteiger charge is 2.22. The Labute approximate surface area is 78.5 Å². The van der Waals surface area contributed by atoms with E-state index in [2.05, 4.69) is 6.92 Å². The Morgan fingerprint density at radius 3 is 2.18 bits per heavy atom. The van der Waals surface area contributed by atoms with Gasteiger partial charge in [-0.3, -0.25) is 0 Å². The summed E-state index contributed by atoms with van der Waals surface area (Å²) in [5.74, 6) is -2.71. The van der Waals surface area contributed by atoms with Crippen molar-refractivity contribution in [2.75, 3.05) is 6.54 Å². The van der Waals surface area contributed by atoms with Crippen LogP contribution in [0.1, 0.15) is 27.2 Å². The van der Waals surface area contributed by atoms with Gasteiger partial charge in [-0.1, -0.05) is 13.8 Å². The van der Waals surface area contributed by atoms with Gasteiger partial charge in [0.2, 0.25) is 5.77 Å². The Morgan fingerprint density at radius 1 is 1.64 bits per heavy atom. The van der Waals surface area contributed by atoms with Gasteiger partial charge in [-0.15, -0.1) is 0 Å². The first-order valence-corrected chi connectivity index (χ1v) is 7.34. The number of rotatable bonds is 4. The molecule has 0 aromatic heterocycles. The van der Waals surface area contributed by atoms with E-state index >= 15 is 0 Å². The third-order valence-electron chi connectivity index (χ3n) is 1.74. The molecule has 0 amide bonds. The zero-order valence-electron chi connectivity index (χ0n) is 7.12. The molecule has 5 heteroatoms. The van der Waals surface area contributed by atoms with Crippen LogP contribution in [0.3, 0.4) is 0 Å². The summed E-state index contributed by atoms with van der Waals surface area (Å²) in [6.45, 7) is 6.73. The van der Waals surface area contributed by atoms with Crippen molar-refractivity contribution >= 4 is 28.8 Å². The van der Waals surface area contributed by atoms with Crippen molar-refractivity contribution in [3.05, 3.63) is 0 Å². The lowest BCUT2D eigenvalue weighted by Crippen LogP contribution is -2.27. The van der Waals surface area contributed by atoms with E-state index in [1.165, 1.54) is 0 Å². The molecule has 2 atom stereocenters. The van der Waals surface area contributed by atoms with Gasteiger partial charge in [-0.25, -0.2) is 4.67 Å². The van der Waals surface area contributed by atoms with E-state index in [0.29, 0.717) is 6.54 Å². The Kier molecular flexibility index (Phi) is 5.16. The monoisotopic (exact) mass is 215 g/mol. The van der Waals surface area contributed by atoms with E-state index in [1.807, 2.05) is 13.8 Å². The van der Waals surface area contributed by atoms with Gasteiger partial charge >= 0.3 is 0 Å². The topological polar surface area (TPSA) is 23.5 Å². The van der Waals surface area contributed by atoms with Crippen LogP contribution in [0, 0.1) is 0 Å². The van der Waals surface area contributed by atoms with Gasteiger partial charge < -0.3 is 4.89 Å². The molecule has 0 heterocycles. The molecule has 0 aliphatic carbocycles. The number of nitrogens with zero attached hydrogens (tertiary/aromatic N) is 1. The minimum Gasteiger partial charge on any atom is -0.343 e. The van der Waals surface area contributed by atoms with Crippen molar-refractivity contribution < 1.29 is 4.89 Å². The molecule has 0 aromatic rings. The summed E-state index contributed by atoms with van der Waals surface area (Å²) in [4.78, 5) is 9.40. The minimum absolute atomic E-state index is 0.272. The summed E-state index contributed by atoms with van der Waals surface area (Å²) in [5.41, 5.74) is 0. The van der Waals surface area contributed by atoms with E-state index in [9.17, 15) is 4.89 Å². The van der Waals surface area contributed by atoms with Crippen molar-refractivity contribution in [1.29, 1.82) is 0 Å². The fraction of sp³-hybridized carbons (Fsp3) is 1.00. The van der Waals surface area contributed by atoms with Crippen molar-refractivity contribution in [3.8, 4) is 0 Å². The highest BCUT2D eigenvalue weighted by atomic mass is 35.7. The molecule has 0 saturated carbocycles. The molecule has 2 nitrogen and oxygen atoms in total. The lowest BCUT2D eigenvalue weighted by atomic mass is 10.3. The third kappa shape index (κ3) is 3.86. The molecule has 11 heavy (non-hydrogen) atoms. The lowest BCUT2D eigenvalue weighted by molar-refractivity contribution is 0.343. The summed E-state index contributed by atoms with van der Waals surface area (Å²) >= 11 is 10.5. The summed E-state index contributed by atoms with van der Waals surface area (Å²) in [6.07, 6.45) is 0.958. The molecule has 2 unspecified atom stereocenters. The van der Waals surface area contributed by atoms with Gasteiger partial charge in [0, 0.05) is 12.6 Å². The van der Waals surface area contributed by atoms with Crippen molar-refractivity contribution in [1.82, 2.24) is 4.67 Å². The van der Waals surface area contributed by atoms with Gasteiger partial charge in [0.1, 0.15) is 0 Å². The third-order valence-corrected chi connectivity index (χ3v) is 4.26. The largest absolute Gasteiger partial charge is 0.343 e. The van der Waals surface area contributed by atoms with Crippen LogP contribution in [0.25, 0.3) is 0 Å². The van der Waals surface area contributed by atoms with E-state index in [0.717, 1.165) is 6.42 Å². The van der Waals surface area contributed by atoms with Crippen LogP contribution in [-0.2, 0) is 11.8 Å². The molecule has 68 valence electrons. The van der Waals surface area contributed by atoms with Crippen LogP contribution in [-0.4, -0.2) is 22.2 Å². The minimum atomic E-state index is -2.71. The lowest BCUT2D eigenvalue weighted by Gasteiger charge is -2.29. The molecule has 0 fully saturated rings. The molecule has 0 aliphatic heterocycles. The second kappa shape index (κ2) is 4.78. The highest BCUT2D eigenvalue weighted by Crippen LogP contribution is 2.52. The first kappa shape index (κ1) is 11.9. The molecule has 1 N–H and O–H groups in total. The Morgan fingerprint density at radius 2 is 2.09 bits per heavy atom. The molecular weight excluding hydrogens is 201 g/mol. The normalized spacial score (nSPS) is 19.8. The van der Waals surface area contributed by atoms with Crippen molar-refractivity contribution in [3.63, 3.8) is 0 Å². The molecule has 0 bridgehead atoms. The standard InChI is InChI=1S/C6H15ClNOPS/c1-4-6(3)8(5-2)10(7,9)11/h6H,4-5H2,1-3H3,(H,9,11). The summed E-state index contributed by atoms with van der Waals surface area (Å²) < 4.78 is 1.78. The average molecular weight is 216 g/mol. The van der Waals surface area contributed by atoms with Crippen LogP contribution in [0.4, 0.5) is 0 Å². The zero-order chi connectivity index (χ0) is 9.07. The van der Waals surface area contributed by atoms with Crippen LogP contribution in [0.2, 0.25) is 0 Å². The maximum absolute atomic E-state index is 9.40. The van der Waals surface area contributed by atoms with E-state index in [4.69, 9.17) is 23.0 Å². The molecule has 0 rings (SSSR count). The SMILES string of the molecule is CCC(C)N(CC)P(O)(=S)Cl. The highest BCUT2D eigenvalue weighted by molar-refractivity contribution is 8.23. The fourth-order valence-corrected chi connectivity index (χ4v) is 3.54. The zero-order valence-corrected chi connectivity index (χ0v) is 9.59. The molecule has 0 aliphatic rings. The molecule has 0 saturated heterocycles. The average Bonchev–Trinajstić information content (AvgIpc) is 1.86. The van der Waals surface area contributed by atoms with Gasteiger partial charge in [-0.05, 0) is 36.4 Å². The molecule has 0 radical (unpaired) electrons. The molecular formula is C6H15ClNOPS. The van der Waals surface area contributed by atoms with Crippen molar-refractivity contribution in [2.24, 2.45) is 0 Å². The summed E-state index contributed by atoms with van der Waals surface area (Å²) in [6, 6.07) is 0.272. The van der Waals surface area contributed by atoms with Crippen LogP contribution >= 0.6 is 17.0 Å². The maximum atomic E-state index is 9.40. The summed E-state index contributed by atoms with van der Waals surface area (Å²) in [5, 5.41) is 0. The van der Waals surface area contributed by atoms with Gasteiger partial charge in [0.25, 0.3) is 0 Å². The molecule has 0 aromatic carbocycles. The first-order chi connectivity index (χ1) is 4.93. The van der Waals surface area contributed by atoms with Crippen LogP contribution in [0.15, 0.2) is 0 Å². The van der Waals surface area contributed by atoms with Crippen molar-refractivity contribution in [2.45, 2.75) is 33.2 Å². The van der Waals surface area contributed by atoms with E-state index < -0.39 is 5.77 Å². The Hall–Kier alpha value is 0.860. The summed E-state index contributed by atoms with van der Waals surface area (Å²) in [7, 11) is 0. The number of hydrogen-bond acceptors (Lipinski definition) is 1. The second-order valence-electron chi connectivity index (χ2n) is 2.49. The predicted octanol–water partition coefficient (Wildman–Crippen LogP) is 2.56. The van der Waals surface area contributed by atoms with Gasteiger partial charge in [0.15, 0.2) is 0 Å². The first-order valence-electron chi connectivity index (χ1n) is 3.73. The smallest absolute Gasteiger partial charge is 0.219 e. The van der Waals surface area contributed by atoms with Gasteiger partial charge in [0.05, 0.1) is 0 Å². The predicted molar refractivity (Wildman–Crippen MR) is 54.5 cm³/mol.